The van der Waals surface area contributed by atoms with E-state index in [0.29, 0.717) is 32.2 Å². The van der Waals surface area contributed by atoms with Crippen molar-refractivity contribution in [2.75, 3.05) is 0 Å². The smallest absolute Gasteiger partial charge is 0.195 e. The van der Waals surface area contributed by atoms with Crippen LogP contribution in [0.1, 0.15) is 39.4 Å². The molecule has 0 aliphatic heterocycles. The van der Waals surface area contributed by atoms with E-state index in [4.69, 9.17) is 32.4 Å². The highest BCUT2D eigenvalue weighted by Gasteiger charge is 2.11. The van der Waals surface area contributed by atoms with Crippen molar-refractivity contribution in [1.82, 2.24) is 0 Å². The predicted molar refractivity (Wildman–Crippen MR) is 119 cm³/mol. The molecule has 0 spiro atoms. The zero-order valence-corrected chi connectivity index (χ0v) is 18.9. The zero-order chi connectivity index (χ0) is 20.1. The lowest BCUT2D eigenvalue weighted by Gasteiger charge is -2.05. The summed E-state index contributed by atoms with van der Waals surface area (Å²) in [5, 5.41) is 0.909. The van der Waals surface area contributed by atoms with E-state index in [1.165, 1.54) is 22.3 Å². The molecule has 3 nitrogen and oxygen atoms in total. The highest BCUT2D eigenvalue weighted by molar-refractivity contribution is 9.10. The molecule has 0 unspecified atom stereocenters. The lowest BCUT2D eigenvalue weighted by Crippen LogP contribution is -1.93. The fourth-order valence-corrected chi connectivity index (χ4v) is 4.63. The van der Waals surface area contributed by atoms with E-state index in [1.807, 2.05) is 12.1 Å². The van der Waals surface area contributed by atoms with Crippen LogP contribution in [0, 0.1) is 0 Å². The molecule has 28 heavy (non-hydrogen) atoms. The van der Waals surface area contributed by atoms with Gasteiger partial charge in [0.1, 0.15) is 23.9 Å². The number of aryl methyl sites for hydroxylation is 1. The van der Waals surface area contributed by atoms with E-state index in [1.54, 1.807) is 30.3 Å². The van der Waals surface area contributed by atoms with Gasteiger partial charge in [0, 0.05) is 15.4 Å². The molecular weight excluding hydrogens is 483 g/mol. The summed E-state index contributed by atoms with van der Waals surface area (Å²) in [6, 6.07) is 10.5. The molecule has 146 valence electrons. The van der Waals surface area contributed by atoms with Crippen LogP contribution >= 0.6 is 50.5 Å². The van der Waals surface area contributed by atoms with Gasteiger partial charge in [-0.3, -0.25) is 4.79 Å². The van der Waals surface area contributed by atoms with Crippen molar-refractivity contribution in [2.45, 2.75) is 26.4 Å². The minimum absolute atomic E-state index is 0.0435. The van der Waals surface area contributed by atoms with Crippen LogP contribution in [-0.2, 0) is 13.0 Å². The van der Waals surface area contributed by atoms with Crippen LogP contribution in [0.15, 0.2) is 51.4 Å². The Bertz CT molecular complexity index is 1010. The summed E-state index contributed by atoms with van der Waals surface area (Å²) in [7, 11) is 0. The highest BCUT2D eigenvalue weighted by Crippen LogP contribution is 2.29. The molecule has 0 amide bonds. The fraction of sp³-hybridized carbons (Fsp3) is 0.190. The standard InChI is InChI=1S/C21H17BrCl2O3S/c1-2-3-20-16(22)11-21(28-20)19(25)9-7-13-4-5-15(27-13)12-26-14-6-8-17(23)18(24)10-14/h4-11H,2-3,12H2,1H3/b9-7+. The Balaban J connectivity index is 1.59. The molecule has 0 saturated carbocycles. The first-order chi connectivity index (χ1) is 13.5. The first-order valence-corrected chi connectivity index (χ1v) is 11.0. The van der Waals surface area contributed by atoms with Crippen LogP contribution in [-0.4, -0.2) is 5.78 Å². The van der Waals surface area contributed by atoms with Crippen LogP contribution in [0.25, 0.3) is 6.08 Å². The van der Waals surface area contributed by atoms with Crippen molar-refractivity contribution in [2.24, 2.45) is 0 Å². The molecule has 7 heteroatoms. The number of benzene rings is 1. The Morgan fingerprint density at radius 3 is 2.79 bits per heavy atom. The van der Waals surface area contributed by atoms with Crippen LogP contribution in [0.4, 0.5) is 0 Å². The third-order valence-corrected chi connectivity index (χ3v) is 6.75. The Hall–Kier alpha value is -1.53. The van der Waals surface area contributed by atoms with E-state index >= 15 is 0 Å². The quantitative estimate of drug-likeness (QED) is 0.234. The second-order valence-corrected chi connectivity index (χ2v) is 8.80. The number of furan rings is 1. The highest BCUT2D eigenvalue weighted by atomic mass is 79.9. The Kier molecular flexibility index (Phi) is 7.41. The van der Waals surface area contributed by atoms with Gasteiger partial charge in [0.25, 0.3) is 0 Å². The average Bonchev–Trinajstić information content (AvgIpc) is 3.28. The van der Waals surface area contributed by atoms with E-state index in [9.17, 15) is 4.79 Å². The molecule has 3 aromatic rings. The minimum atomic E-state index is -0.0435. The van der Waals surface area contributed by atoms with Gasteiger partial charge in [-0.1, -0.05) is 36.5 Å². The summed E-state index contributed by atoms with van der Waals surface area (Å²) in [5.74, 6) is 1.79. The van der Waals surface area contributed by atoms with Gasteiger partial charge in [-0.05, 0) is 64.8 Å². The van der Waals surface area contributed by atoms with Crippen LogP contribution < -0.4 is 4.74 Å². The molecule has 0 radical (unpaired) electrons. The van der Waals surface area contributed by atoms with E-state index in [-0.39, 0.29) is 12.4 Å². The number of carbonyl (C=O) groups is 1. The zero-order valence-electron chi connectivity index (χ0n) is 15.0. The summed E-state index contributed by atoms with van der Waals surface area (Å²) >= 11 is 16.9. The van der Waals surface area contributed by atoms with E-state index < -0.39 is 0 Å². The fourth-order valence-electron chi connectivity index (χ4n) is 2.45. The van der Waals surface area contributed by atoms with Gasteiger partial charge in [-0.15, -0.1) is 11.3 Å². The van der Waals surface area contributed by atoms with E-state index in [0.717, 1.165) is 17.3 Å². The first-order valence-electron chi connectivity index (χ1n) is 8.63. The van der Waals surface area contributed by atoms with Crippen molar-refractivity contribution in [3.8, 4) is 5.75 Å². The van der Waals surface area contributed by atoms with Gasteiger partial charge < -0.3 is 9.15 Å². The largest absolute Gasteiger partial charge is 0.486 e. The van der Waals surface area contributed by atoms with Crippen molar-refractivity contribution >= 4 is 62.3 Å². The topological polar surface area (TPSA) is 39.4 Å². The third kappa shape index (κ3) is 5.51. The first kappa shape index (κ1) is 21.2. The molecule has 3 rings (SSSR count). The second kappa shape index (κ2) is 9.79. The normalized spacial score (nSPS) is 11.3. The van der Waals surface area contributed by atoms with Gasteiger partial charge in [0.15, 0.2) is 5.78 Å². The monoisotopic (exact) mass is 498 g/mol. The maximum absolute atomic E-state index is 12.4. The molecule has 1 aromatic carbocycles. The van der Waals surface area contributed by atoms with Crippen LogP contribution in [0.3, 0.4) is 0 Å². The Labute approximate surface area is 186 Å². The Morgan fingerprint density at radius 2 is 2.04 bits per heavy atom. The van der Waals surface area contributed by atoms with Crippen molar-refractivity contribution in [3.63, 3.8) is 0 Å². The summed E-state index contributed by atoms with van der Waals surface area (Å²) in [4.78, 5) is 14.3. The van der Waals surface area contributed by atoms with Crippen LogP contribution in [0.2, 0.25) is 10.0 Å². The van der Waals surface area contributed by atoms with Gasteiger partial charge in [-0.25, -0.2) is 0 Å². The molecule has 0 N–H and O–H groups in total. The third-order valence-electron chi connectivity index (χ3n) is 3.83. The molecule has 0 saturated heterocycles. The number of rotatable bonds is 8. The molecular formula is C21H17BrCl2O3S. The van der Waals surface area contributed by atoms with Gasteiger partial charge in [0.05, 0.1) is 14.9 Å². The summed E-state index contributed by atoms with van der Waals surface area (Å²) < 4.78 is 12.3. The second-order valence-electron chi connectivity index (χ2n) is 6.00. The number of ketones is 1. The summed E-state index contributed by atoms with van der Waals surface area (Å²) in [5.41, 5.74) is 0. The van der Waals surface area contributed by atoms with Gasteiger partial charge in [0.2, 0.25) is 0 Å². The number of allylic oxidation sites excluding steroid dienone is 1. The molecule has 2 aromatic heterocycles. The lowest BCUT2D eigenvalue weighted by atomic mass is 10.2. The lowest BCUT2D eigenvalue weighted by molar-refractivity contribution is 0.105. The van der Waals surface area contributed by atoms with E-state index in [2.05, 4.69) is 22.9 Å². The molecule has 0 bridgehead atoms. The number of ether oxygens (including phenoxy) is 1. The molecule has 2 heterocycles. The number of carbonyl (C=O) groups excluding carboxylic acids is 1. The predicted octanol–water partition coefficient (Wildman–Crippen LogP) is 7.84. The molecule has 0 aliphatic rings. The van der Waals surface area contributed by atoms with Crippen molar-refractivity contribution in [1.29, 1.82) is 0 Å². The number of halogens is 3. The molecule has 0 fully saturated rings. The van der Waals surface area contributed by atoms with Crippen molar-refractivity contribution < 1.29 is 13.9 Å². The summed E-state index contributed by atoms with van der Waals surface area (Å²) in [6.07, 6.45) is 5.19. The number of thiophene rings is 1. The molecule has 0 aliphatic carbocycles. The summed E-state index contributed by atoms with van der Waals surface area (Å²) in [6.45, 7) is 2.37. The maximum atomic E-state index is 12.4. The number of hydrogen-bond donors (Lipinski definition) is 0. The maximum Gasteiger partial charge on any atom is 0.195 e. The Morgan fingerprint density at radius 1 is 1.21 bits per heavy atom. The SMILES string of the molecule is CCCc1sc(C(=O)/C=C/c2ccc(COc3ccc(Cl)c(Cl)c3)o2)cc1Br. The van der Waals surface area contributed by atoms with Crippen molar-refractivity contribution in [3.05, 3.63) is 78.3 Å². The van der Waals surface area contributed by atoms with Gasteiger partial charge in [-0.2, -0.15) is 0 Å². The number of hydrogen-bond acceptors (Lipinski definition) is 4. The van der Waals surface area contributed by atoms with Gasteiger partial charge >= 0.3 is 0 Å². The van der Waals surface area contributed by atoms with Crippen LogP contribution in [0.5, 0.6) is 5.75 Å². The minimum Gasteiger partial charge on any atom is -0.486 e. The molecule has 0 atom stereocenters. The average molecular weight is 500 g/mol.